The van der Waals surface area contributed by atoms with Crippen LogP contribution in [-0.2, 0) is 22.7 Å². The Balaban J connectivity index is 1.83. The largest absolute Gasteiger partial charge is 0.481 e. The van der Waals surface area contributed by atoms with E-state index in [0.29, 0.717) is 26.2 Å². The van der Waals surface area contributed by atoms with Gasteiger partial charge < -0.3 is 15.2 Å². The molecule has 2 heterocycles. The van der Waals surface area contributed by atoms with Crippen molar-refractivity contribution in [3.8, 4) is 0 Å². The molecule has 0 amide bonds. The maximum Gasteiger partial charge on any atom is 0.303 e. The third-order valence-electron chi connectivity index (χ3n) is 2.44. The Morgan fingerprint density at radius 2 is 2.38 bits per heavy atom. The van der Waals surface area contributed by atoms with Gasteiger partial charge in [0.15, 0.2) is 0 Å². The fraction of sp³-hybridized carbons (Fsp3) is 0.455. The van der Waals surface area contributed by atoms with Crippen LogP contribution in [0.2, 0.25) is 0 Å². The van der Waals surface area contributed by atoms with Crippen molar-refractivity contribution in [2.24, 2.45) is 0 Å². The number of hydrogen-bond donors (Lipinski definition) is 2. The number of carboxylic acids is 1. The highest BCUT2D eigenvalue weighted by atomic mass is 16.5. The maximum absolute atomic E-state index is 10.3. The second-order valence-electron chi connectivity index (χ2n) is 3.72. The Bertz CT molecular complexity index is 393. The first-order valence-electron chi connectivity index (χ1n) is 5.28. The van der Waals surface area contributed by atoms with Gasteiger partial charge in [-0.25, -0.2) is 4.98 Å². The number of carboxylic acid groups (broad SMARTS) is 1. The lowest BCUT2D eigenvalue weighted by molar-refractivity contribution is -0.137. The summed E-state index contributed by atoms with van der Waals surface area (Å²) < 4.78 is 5.26. The first kappa shape index (κ1) is 10.9. The van der Waals surface area contributed by atoms with Gasteiger partial charge in [0.1, 0.15) is 5.82 Å². The molecule has 1 aromatic rings. The minimum absolute atomic E-state index is 0.182. The van der Waals surface area contributed by atoms with Gasteiger partial charge in [-0.05, 0) is 12.5 Å². The molecule has 0 saturated heterocycles. The summed E-state index contributed by atoms with van der Waals surface area (Å²) in [7, 11) is 0. The molecule has 0 fully saturated rings. The molecule has 5 nitrogen and oxygen atoms in total. The number of hydrogen-bond acceptors (Lipinski definition) is 4. The summed E-state index contributed by atoms with van der Waals surface area (Å²) >= 11 is 0. The number of anilines is 1. The fourth-order valence-corrected chi connectivity index (χ4v) is 1.60. The van der Waals surface area contributed by atoms with E-state index in [2.05, 4.69) is 10.3 Å². The molecule has 5 heteroatoms. The molecule has 0 bridgehead atoms. The summed E-state index contributed by atoms with van der Waals surface area (Å²) in [4.78, 5) is 14.7. The van der Waals surface area contributed by atoms with Crippen LogP contribution in [0.3, 0.4) is 0 Å². The van der Waals surface area contributed by atoms with E-state index in [4.69, 9.17) is 9.84 Å². The molecule has 2 rings (SSSR count). The zero-order valence-corrected chi connectivity index (χ0v) is 8.90. The van der Waals surface area contributed by atoms with Crippen molar-refractivity contribution < 1.29 is 14.6 Å². The maximum atomic E-state index is 10.3. The molecular weight excluding hydrogens is 208 g/mol. The lowest BCUT2D eigenvalue weighted by Crippen LogP contribution is -2.06. The van der Waals surface area contributed by atoms with Crippen molar-refractivity contribution in [3.05, 3.63) is 23.4 Å². The number of rotatable bonds is 5. The summed E-state index contributed by atoms with van der Waals surface area (Å²) in [6.45, 7) is 1.83. The number of nitrogens with zero attached hydrogens (tertiary/aromatic N) is 1. The van der Waals surface area contributed by atoms with Gasteiger partial charge in [-0.2, -0.15) is 0 Å². The molecule has 0 saturated carbocycles. The third-order valence-corrected chi connectivity index (χ3v) is 2.44. The average molecular weight is 222 g/mol. The van der Waals surface area contributed by atoms with E-state index >= 15 is 0 Å². The molecule has 2 N–H and O–H groups in total. The number of aliphatic carboxylic acids is 1. The molecule has 1 aliphatic heterocycles. The Hall–Kier alpha value is -1.62. The predicted molar refractivity (Wildman–Crippen MR) is 58.1 cm³/mol. The monoisotopic (exact) mass is 222 g/mol. The van der Waals surface area contributed by atoms with Crippen LogP contribution in [0.1, 0.15) is 24.1 Å². The molecule has 0 unspecified atom stereocenters. The van der Waals surface area contributed by atoms with E-state index in [1.807, 2.05) is 12.1 Å². The highest BCUT2D eigenvalue weighted by Crippen LogP contribution is 2.19. The lowest BCUT2D eigenvalue weighted by atomic mass is 10.2. The van der Waals surface area contributed by atoms with Gasteiger partial charge in [0.2, 0.25) is 0 Å². The topological polar surface area (TPSA) is 71.5 Å². The molecule has 1 aliphatic rings. The van der Waals surface area contributed by atoms with E-state index in [-0.39, 0.29) is 6.42 Å². The molecule has 16 heavy (non-hydrogen) atoms. The van der Waals surface area contributed by atoms with Crippen LogP contribution in [0.4, 0.5) is 5.82 Å². The molecular formula is C11H14N2O3. The van der Waals surface area contributed by atoms with Crippen LogP contribution in [0.25, 0.3) is 0 Å². The summed E-state index contributed by atoms with van der Waals surface area (Å²) in [6, 6.07) is 3.89. The highest BCUT2D eigenvalue weighted by molar-refractivity contribution is 5.66. The van der Waals surface area contributed by atoms with Crippen LogP contribution in [0, 0.1) is 0 Å². The number of nitrogens with one attached hydrogen (secondary N) is 1. The second kappa shape index (κ2) is 4.94. The summed E-state index contributed by atoms with van der Waals surface area (Å²) in [5, 5.41) is 11.6. The molecule has 0 aromatic carbocycles. The Morgan fingerprint density at radius 1 is 1.50 bits per heavy atom. The van der Waals surface area contributed by atoms with E-state index in [0.717, 1.165) is 17.1 Å². The van der Waals surface area contributed by atoms with Gasteiger partial charge in [0, 0.05) is 18.5 Å². The number of fused-ring (bicyclic) bond motifs is 1. The van der Waals surface area contributed by atoms with Crippen molar-refractivity contribution in [3.63, 3.8) is 0 Å². The van der Waals surface area contributed by atoms with Crippen molar-refractivity contribution in [1.29, 1.82) is 0 Å². The molecule has 0 atom stereocenters. The zero-order valence-electron chi connectivity index (χ0n) is 8.90. The van der Waals surface area contributed by atoms with E-state index in [9.17, 15) is 4.79 Å². The molecule has 86 valence electrons. The number of ether oxygens (including phenoxy) is 1. The minimum Gasteiger partial charge on any atom is -0.481 e. The Morgan fingerprint density at radius 3 is 3.19 bits per heavy atom. The second-order valence-corrected chi connectivity index (χ2v) is 3.72. The summed E-state index contributed by atoms with van der Waals surface area (Å²) in [5.74, 6) is 0.0201. The number of aromatic nitrogens is 1. The third kappa shape index (κ3) is 2.70. The average Bonchev–Trinajstić information content (AvgIpc) is 2.71. The van der Waals surface area contributed by atoms with Crippen LogP contribution >= 0.6 is 0 Å². The Labute approximate surface area is 93.5 Å². The predicted octanol–water partition coefficient (Wildman–Crippen LogP) is 1.39. The molecule has 0 aliphatic carbocycles. The molecule has 0 spiro atoms. The number of carbonyl (C=O) groups is 1. The van der Waals surface area contributed by atoms with Crippen LogP contribution < -0.4 is 5.32 Å². The molecule has 0 radical (unpaired) electrons. The van der Waals surface area contributed by atoms with Gasteiger partial charge in [0.25, 0.3) is 0 Å². The van der Waals surface area contributed by atoms with E-state index in [1.54, 1.807) is 0 Å². The fourth-order valence-electron chi connectivity index (χ4n) is 1.60. The van der Waals surface area contributed by atoms with Gasteiger partial charge >= 0.3 is 5.97 Å². The van der Waals surface area contributed by atoms with Crippen LogP contribution in [-0.4, -0.2) is 22.6 Å². The smallest absolute Gasteiger partial charge is 0.303 e. The van der Waals surface area contributed by atoms with Crippen molar-refractivity contribution in [2.45, 2.75) is 26.1 Å². The van der Waals surface area contributed by atoms with Crippen molar-refractivity contribution in [1.82, 2.24) is 4.98 Å². The summed E-state index contributed by atoms with van der Waals surface area (Å²) in [5.41, 5.74) is 2.11. The van der Waals surface area contributed by atoms with Gasteiger partial charge in [-0.3, -0.25) is 4.79 Å². The Kier molecular flexibility index (Phi) is 3.36. The first-order valence-corrected chi connectivity index (χ1v) is 5.28. The minimum atomic E-state index is -0.767. The van der Waals surface area contributed by atoms with Crippen molar-refractivity contribution in [2.75, 3.05) is 11.9 Å². The number of pyridine rings is 1. The lowest BCUT2D eigenvalue weighted by Gasteiger charge is -2.05. The quantitative estimate of drug-likeness (QED) is 0.736. The normalized spacial score (nSPS) is 13.5. The van der Waals surface area contributed by atoms with Gasteiger partial charge in [-0.1, -0.05) is 6.07 Å². The van der Waals surface area contributed by atoms with Crippen molar-refractivity contribution >= 4 is 11.8 Å². The van der Waals surface area contributed by atoms with E-state index in [1.165, 1.54) is 0 Å². The van der Waals surface area contributed by atoms with E-state index < -0.39 is 5.97 Å². The zero-order chi connectivity index (χ0) is 11.4. The summed E-state index contributed by atoms with van der Waals surface area (Å²) in [6.07, 6.45) is 0.783. The van der Waals surface area contributed by atoms with Gasteiger partial charge in [0.05, 0.1) is 18.9 Å². The van der Waals surface area contributed by atoms with Crippen LogP contribution in [0.5, 0.6) is 0 Å². The van der Waals surface area contributed by atoms with Crippen LogP contribution in [0.15, 0.2) is 12.1 Å². The standard InChI is InChI=1S/C11H14N2O3/c14-11(15)2-1-5-12-10-4-3-8-6-16-7-9(8)13-10/h3-4H,1-2,5-7H2,(H,12,13)(H,14,15). The first-order chi connectivity index (χ1) is 7.75. The molecule has 1 aromatic heterocycles. The SMILES string of the molecule is O=C(O)CCCNc1ccc2c(n1)COC2. The van der Waals surface area contributed by atoms with Gasteiger partial charge in [-0.15, -0.1) is 0 Å². The highest BCUT2D eigenvalue weighted by Gasteiger charge is 2.12.